The van der Waals surface area contributed by atoms with E-state index in [4.69, 9.17) is 0 Å². The Morgan fingerprint density at radius 2 is 1.61 bits per heavy atom. The number of amides is 1. The third kappa shape index (κ3) is 4.02. The number of anilines is 1. The molecule has 0 fully saturated rings. The molecular formula is C27H20N4O2. The van der Waals surface area contributed by atoms with Crippen molar-refractivity contribution in [2.45, 2.75) is 6.92 Å². The first-order valence-electron chi connectivity index (χ1n) is 10.5. The van der Waals surface area contributed by atoms with Crippen LogP contribution in [-0.4, -0.2) is 20.4 Å². The smallest absolute Gasteiger partial charge is 0.267 e. The molecule has 1 N–H and O–H groups in total. The summed E-state index contributed by atoms with van der Waals surface area (Å²) in [6.45, 7) is 1.76. The van der Waals surface area contributed by atoms with Gasteiger partial charge in [-0.15, -0.1) is 0 Å². The Hall–Kier alpha value is -4.58. The molecule has 0 saturated heterocycles. The number of hydrogen-bond donors (Lipinski definition) is 1. The molecule has 1 amide bonds. The lowest BCUT2D eigenvalue weighted by Gasteiger charge is -2.12. The van der Waals surface area contributed by atoms with Crippen molar-refractivity contribution < 1.29 is 4.79 Å². The highest BCUT2D eigenvalue weighted by atomic mass is 16.1. The van der Waals surface area contributed by atoms with Gasteiger partial charge in [0.1, 0.15) is 5.82 Å². The highest BCUT2D eigenvalue weighted by molar-refractivity contribution is 6.04. The van der Waals surface area contributed by atoms with Gasteiger partial charge in [0.2, 0.25) is 0 Å². The molecule has 0 atom stereocenters. The molecule has 2 aromatic heterocycles. The van der Waals surface area contributed by atoms with Crippen molar-refractivity contribution in [1.82, 2.24) is 14.5 Å². The summed E-state index contributed by atoms with van der Waals surface area (Å²) in [6.07, 6.45) is 1.61. The van der Waals surface area contributed by atoms with E-state index in [0.29, 0.717) is 33.8 Å². The summed E-state index contributed by atoms with van der Waals surface area (Å²) in [5.41, 5.74) is 4.10. The maximum atomic E-state index is 13.0. The van der Waals surface area contributed by atoms with E-state index in [-0.39, 0.29) is 11.5 Å². The van der Waals surface area contributed by atoms with E-state index >= 15 is 0 Å². The van der Waals surface area contributed by atoms with Gasteiger partial charge in [0.15, 0.2) is 5.65 Å². The number of fused-ring (bicyclic) bond motifs is 1. The molecule has 0 radical (unpaired) electrons. The molecule has 33 heavy (non-hydrogen) atoms. The van der Waals surface area contributed by atoms with Crippen LogP contribution in [0.5, 0.6) is 0 Å². The van der Waals surface area contributed by atoms with Gasteiger partial charge in [-0.2, -0.15) is 0 Å². The number of aromatic nitrogens is 3. The predicted molar refractivity (Wildman–Crippen MR) is 130 cm³/mol. The van der Waals surface area contributed by atoms with Crippen LogP contribution in [0.4, 0.5) is 5.69 Å². The minimum atomic E-state index is -0.225. The minimum Gasteiger partial charge on any atom is -0.322 e. The van der Waals surface area contributed by atoms with Crippen LogP contribution in [0.25, 0.3) is 27.8 Å². The van der Waals surface area contributed by atoms with Crippen molar-refractivity contribution in [3.8, 4) is 16.8 Å². The Morgan fingerprint density at radius 3 is 2.39 bits per heavy atom. The van der Waals surface area contributed by atoms with Crippen molar-refractivity contribution in [1.29, 1.82) is 0 Å². The number of carbonyl (C=O) groups is 1. The van der Waals surface area contributed by atoms with Crippen molar-refractivity contribution in [2.75, 3.05) is 5.32 Å². The van der Waals surface area contributed by atoms with Gasteiger partial charge in [0, 0.05) is 17.4 Å². The average Bonchev–Trinajstić information content (AvgIpc) is 2.85. The van der Waals surface area contributed by atoms with Crippen LogP contribution in [0.15, 0.2) is 102 Å². The third-order valence-electron chi connectivity index (χ3n) is 5.43. The number of pyridine rings is 1. The molecule has 0 unspecified atom stereocenters. The molecule has 0 bridgehead atoms. The van der Waals surface area contributed by atoms with Crippen molar-refractivity contribution in [2.24, 2.45) is 0 Å². The monoisotopic (exact) mass is 432 g/mol. The molecule has 160 valence electrons. The summed E-state index contributed by atoms with van der Waals surface area (Å²) < 4.78 is 1.52. The van der Waals surface area contributed by atoms with Crippen LogP contribution in [-0.2, 0) is 0 Å². The molecule has 0 aliphatic rings. The summed E-state index contributed by atoms with van der Waals surface area (Å²) in [5.74, 6) is 0.294. The molecule has 5 rings (SSSR count). The Morgan fingerprint density at radius 1 is 0.848 bits per heavy atom. The fourth-order valence-electron chi connectivity index (χ4n) is 3.80. The second kappa shape index (κ2) is 8.51. The van der Waals surface area contributed by atoms with E-state index in [1.54, 1.807) is 55.6 Å². The number of nitrogens with zero attached hydrogens (tertiary/aromatic N) is 3. The zero-order valence-corrected chi connectivity index (χ0v) is 17.9. The van der Waals surface area contributed by atoms with Crippen molar-refractivity contribution in [3.05, 3.63) is 119 Å². The van der Waals surface area contributed by atoms with Crippen LogP contribution in [0.3, 0.4) is 0 Å². The highest BCUT2D eigenvalue weighted by Crippen LogP contribution is 2.21. The van der Waals surface area contributed by atoms with Crippen LogP contribution in [0, 0.1) is 6.92 Å². The lowest BCUT2D eigenvalue weighted by molar-refractivity contribution is 0.102. The first-order chi connectivity index (χ1) is 16.1. The van der Waals surface area contributed by atoms with Crippen LogP contribution in [0.2, 0.25) is 0 Å². The third-order valence-corrected chi connectivity index (χ3v) is 5.43. The second-order valence-electron chi connectivity index (χ2n) is 7.62. The van der Waals surface area contributed by atoms with Gasteiger partial charge < -0.3 is 5.32 Å². The van der Waals surface area contributed by atoms with E-state index in [1.807, 2.05) is 48.5 Å². The Labute approximate surface area is 190 Å². The quantitative estimate of drug-likeness (QED) is 0.433. The number of carbonyl (C=O) groups excluding carboxylic acids is 1. The molecule has 0 spiro atoms. The zero-order valence-electron chi connectivity index (χ0n) is 17.9. The Bertz CT molecular complexity index is 1520. The molecule has 3 aromatic carbocycles. The molecule has 6 nitrogen and oxygen atoms in total. The maximum Gasteiger partial charge on any atom is 0.267 e. The molecule has 0 aliphatic carbocycles. The summed E-state index contributed by atoms with van der Waals surface area (Å²) in [4.78, 5) is 34.5. The van der Waals surface area contributed by atoms with Crippen molar-refractivity contribution >= 4 is 22.6 Å². The zero-order chi connectivity index (χ0) is 22.8. The second-order valence-corrected chi connectivity index (χ2v) is 7.62. The van der Waals surface area contributed by atoms with Gasteiger partial charge >= 0.3 is 0 Å². The number of benzene rings is 3. The summed E-state index contributed by atoms with van der Waals surface area (Å²) in [5, 5.41) is 3.36. The molecule has 5 aromatic rings. The SMILES string of the molecule is Cc1nc2ncccc2c(=O)n1-c1cccc(NC(=O)c2ccc(-c3ccccc3)cc2)c1. The Kier molecular flexibility index (Phi) is 5.24. The summed E-state index contributed by atoms with van der Waals surface area (Å²) in [7, 11) is 0. The lowest BCUT2D eigenvalue weighted by atomic mass is 10.0. The van der Waals surface area contributed by atoms with E-state index in [9.17, 15) is 9.59 Å². The normalized spacial score (nSPS) is 10.8. The molecule has 6 heteroatoms. The van der Waals surface area contributed by atoms with Gasteiger partial charge in [-0.3, -0.25) is 14.2 Å². The Balaban J connectivity index is 1.42. The van der Waals surface area contributed by atoms with E-state index in [0.717, 1.165) is 11.1 Å². The lowest BCUT2D eigenvalue weighted by Crippen LogP contribution is -2.22. The fourth-order valence-corrected chi connectivity index (χ4v) is 3.80. The van der Waals surface area contributed by atoms with Crippen LogP contribution < -0.4 is 10.9 Å². The first-order valence-corrected chi connectivity index (χ1v) is 10.5. The molecule has 2 heterocycles. The van der Waals surface area contributed by atoms with Crippen LogP contribution in [0.1, 0.15) is 16.2 Å². The standard InChI is InChI=1S/C27H20N4O2/c1-18-29-25-24(11-6-16-28-25)27(33)31(18)23-10-5-9-22(17-23)30-26(32)21-14-12-20(13-15-21)19-7-3-2-4-8-19/h2-17H,1H3,(H,30,32). The van der Waals surface area contributed by atoms with Crippen molar-refractivity contribution in [3.63, 3.8) is 0 Å². The number of rotatable bonds is 4. The van der Waals surface area contributed by atoms with Gasteiger partial charge in [-0.1, -0.05) is 48.5 Å². The molecule has 0 aliphatic heterocycles. The predicted octanol–water partition coefficient (Wildman–Crippen LogP) is 5.01. The fraction of sp³-hybridized carbons (Fsp3) is 0.0370. The van der Waals surface area contributed by atoms with Crippen LogP contribution >= 0.6 is 0 Å². The van der Waals surface area contributed by atoms with Gasteiger partial charge in [0.05, 0.1) is 11.1 Å². The molecule has 0 saturated carbocycles. The number of hydrogen-bond acceptors (Lipinski definition) is 4. The largest absolute Gasteiger partial charge is 0.322 e. The molecular weight excluding hydrogens is 412 g/mol. The number of aryl methyl sites for hydroxylation is 1. The van der Waals surface area contributed by atoms with Gasteiger partial charge in [-0.05, 0) is 60.5 Å². The first kappa shape index (κ1) is 20.3. The van der Waals surface area contributed by atoms with E-state index in [2.05, 4.69) is 15.3 Å². The topological polar surface area (TPSA) is 76.9 Å². The average molecular weight is 432 g/mol. The van der Waals surface area contributed by atoms with E-state index in [1.165, 1.54) is 4.57 Å². The minimum absolute atomic E-state index is 0.203. The van der Waals surface area contributed by atoms with E-state index < -0.39 is 0 Å². The highest BCUT2D eigenvalue weighted by Gasteiger charge is 2.12. The summed E-state index contributed by atoms with van der Waals surface area (Å²) in [6, 6.07) is 28.0. The van der Waals surface area contributed by atoms with Gasteiger partial charge in [0.25, 0.3) is 11.5 Å². The number of nitrogens with one attached hydrogen (secondary N) is 1. The maximum absolute atomic E-state index is 13.0. The summed E-state index contributed by atoms with van der Waals surface area (Å²) >= 11 is 0. The van der Waals surface area contributed by atoms with Gasteiger partial charge in [-0.25, -0.2) is 9.97 Å².